The molecule has 5 rings (SSSR count). The first-order valence-electron chi connectivity index (χ1n) is 11.4. The number of benzene rings is 2. The van der Waals surface area contributed by atoms with Crippen LogP contribution in [0.5, 0.6) is 0 Å². The van der Waals surface area contributed by atoms with Crippen LogP contribution >= 0.6 is 0 Å². The molecular weight excluding hydrogens is 530 g/mol. The van der Waals surface area contributed by atoms with E-state index in [1.54, 1.807) is 5.19 Å². The van der Waals surface area contributed by atoms with Gasteiger partial charge in [0.15, 0.2) is 0 Å². The number of hydrogen-bond acceptors (Lipinski definition) is 2. The SMILES string of the molecule is CCC[Si](CCC)c1cccc2[se]c3ccc(-c4[c-]c(-c5ccccn5)ccc4)nc3c12.[Ni]. The van der Waals surface area contributed by atoms with Gasteiger partial charge in [0.25, 0.3) is 0 Å². The number of fused-ring (bicyclic) bond motifs is 3. The Labute approximate surface area is 213 Å². The smallest absolute Gasteiger partial charge is 0 e. The standard InChI is InChI=1S/C28H26N2SeSi.Ni/c1-3-17-32(18-4-2)26-13-8-12-24-27(26)28-25(31-24)15-14-23(30-28)21-10-7-9-20(19-21)22-11-5-6-16-29-22;/h5-16H,3-4,17-18H2,1-2H3;/q-1;. The van der Waals surface area contributed by atoms with Crippen molar-refractivity contribution in [1.29, 1.82) is 0 Å². The monoisotopic (exact) mass is 556 g/mol. The van der Waals surface area contributed by atoms with Crippen LogP contribution in [0.4, 0.5) is 0 Å². The molecule has 0 saturated heterocycles. The van der Waals surface area contributed by atoms with Crippen molar-refractivity contribution in [2.24, 2.45) is 0 Å². The van der Waals surface area contributed by atoms with E-state index >= 15 is 0 Å². The molecule has 0 spiro atoms. The van der Waals surface area contributed by atoms with Crippen LogP contribution < -0.4 is 5.19 Å². The maximum Gasteiger partial charge on any atom is 0 e. The minimum atomic E-state index is -0.555. The van der Waals surface area contributed by atoms with Crippen molar-refractivity contribution in [3.63, 3.8) is 0 Å². The third-order valence-corrected chi connectivity index (χ3v) is 11.6. The normalized spacial score (nSPS) is 11.2. The predicted molar refractivity (Wildman–Crippen MR) is 139 cm³/mol. The van der Waals surface area contributed by atoms with E-state index < -0.39 is 8.80 Å². The molecule has 2 nitrogen and oxygen atoms in total. The summed E-state index contributed by atoms with van der Waals surface area (Å²) in [5.74, 6) is 0. The van der Waals surface area contributed by atoms with Crippen molar-refractivity contribution >= 4 is 47.9 Å². The van der Waals surface area contributed by atoms with Gasteiger partial charge in [-0.3, -0.25) is 0 Å². The molecule has 0 amide bonds. The zero-order chi connectivity index (χ0) is 21.9. The van der Waals surface area contributed by atoms with Crippen LogP contribution in [0.3, 0.4) is 0 Å². The van der Waals surface area contributed by atoms with Crippen molar-refractivity contribution in [2.75, 3.05) is 0 Å². The van der Waals surface area contributed by atoms with Crippen LogP contribution in [0.2, 0.25) is 12.1 Å². The predicted octanol–water partition coefficient (Wildman–Crippen LogP) is 6.49. The number of rotatable bonds is 7. The molecule has 0 aliphatic heterocycles. The maximum atomic E-state index is 5.24. The fourth-order valence-electron chi connectivity index (χ4n) is 4.42. The third kappa shape index (κ3) is 4.93. The molecule has 5 heteroatoms. The largest absolute Gasteiger partial charge is 0 e. The van der Waals surface area contributed by atoms with Gasteiger partial charge in [-0.1, -0.05) is 0 Å². The van der Waals surface area contributed by atoms with Gasteiger partial charge in [-0.05, 0) is 0 Å². The van der Waals surface area contributed by atoms with Crippen LogP contribution in [0.25, 0.3) is 41.9 Å². The average Bonchev–Trinajstić information content (AvgIpc) is 3.23. The molecule has 0 bridgehead atoms. The summed E-state index contributed by atoms with van der Waals surface area (Å²) in [5, 5.41) is 3.06. The summed E-state index contributed by atoms with van der Waals surface area (Å²) < 4.78 is 2.93. The summed E-state index contributed by atoms with van der Waals surface area (Å²) in [6, 6.07) is 30.0. The second-order valence-corrected chi connectivity index (χ2v) is 13.1. The Kier molecular flexibility index (Phi) is 7.98. The van der Waals surface area contributed by atoms with E-state index in [0.29, 0.717) is 14.5 Å². The van der Waals surface area contributed by atoms with Crippen molar-refractivity contribution in [3.05, 3.63) is 79.0 Å². The third-order valence-electron chi connectivity index (χ3n) is 5.84. The molecule has 3 aromatic heterocycles. The summed E-state index contributed by atoms with van der Waals surface area (Å²) in [5.41, 5.74) is 5.20. The topological polar surface area (TPSA) is 25.8 Å². The molecule has 169 valence electrons. The number of hydrogen-bond donors (Lipinski definition) is 0. The summed E-state index contributed by atoms with van der Waals surface area (Å²) >= 11 is 0.344. The van der Waals surface area contributed by atoms with E-state index in [0.717, 1.165) is 22.5 Å². The van der Waals surface area contributed by atoms with Gasteiger partial charge in [0.2, 0.25) is 0 Å². The molecule has 5 aromatic rings. The van der Waals surface area contributed by atoms with E-state index in [4.69, 9.17) is 4.98 Å². The first-order valence-corrected chi connectivity index (χ1v) is 15.0. The van der Waals surface area contributed by atoms with Gasteiger partial charge in [0.05, 0.1) is 0 Å². The fourth-order valence-corrected chi connectivity index (χ4v) is 9.81. The van der Waals surface area contributed by atoms with Crippen molar-refractivity contribution in [1.82, 2.24) is 9.97 Å². The zero-order valence-corrected chi connectivity index (χ0v) is 22.6. The molecular formula is C28H26N2NiSeSi-. The van der Waals surface area contributed by atoms with Gasteiger partial charge < -0.3 is 0 Å². The maximum absolute atomic E-state index is 5.24. The average molecular weight is 556 g/mol. The Balaban J connectivity index is 0.00000259. The molecule has 0 aliphatic rings. The van der Waals surface area contributed by atoms with E-state index in [1.807, 2.05) is 24.4 Å². The minimum absolute atomic E-state index is 0. The van der Waals surface area contributed by atoms with E-state index in [2.05, 4.69) is 73.4 Å². The Morgan fingerprint density at radius 2 is 1.55 bits per heavy atom. The number of aromatic nitrogens is 2. The van der Waals surface area contributed by atoms with Crippen LogP contribution in [-0.2, 0) is 16.5 Å². The van der Waals surface area contributed by atoms with Gasteiger partial charge in [0, 0.05) is 16.5 Å². The minimum Gasteiger partial charge on any atom is 0 e. The Hall–Kier alpha value is -2.03. The first kappa shape index (κ1) is 24.1. The molecule has 0 N–H and O–H groups in total. The van der Waals surface area contributed by atoms with Crippen LogP contribution in [0.15, 0.2) is 72.9 Å². The van der Waals surface area contributed by atoms with Crippen LogP contribution in [-0.4, -0.2) is 33.3 Å². The summed E-state index contributed by atoms with van der Waals surface area (Å²) in [6.07, 6.45) is 4.35. The molecule has 2 aromatic carbocycles. The summed E-state index contributed by atoms with van der Waals surface area (Å²) in [4.78, 5) is 9.73. The van der Waals surface area contributed by atoms with Gasteiger partial charge in [-0.2, -0.15) is 0 Å². The zero-order valence-electron chi connectivity index (χ0n) is 18.9. The van der Waals surface area contributed by atoms with Gasteiger partial charge in [-0.25, -0.2) is 0 Å². The van der Waals surface area contributed by atoms with E-state index in [1.165, 1.54) is 44.4 Å². The number of pyridine rings is 2. The summed E-state index contributed by atoms with van der Waals surface area (Å²) in [7, 11) is -0.555. The van der Waals surface area contributed by atoms with Gasteiger partial charge >= 0.3 is 198 Å². The molecule has 3 heterocycles. The van der Waals surface area contributed by atoms with Crippen molar-refractivity contribution in [2.45, 2.75) is 38.8 Å². The molecule has 33 heavy (non-hydrogen) atoms. The second-order valence-electron chi connectivity index (χ2n) is 8.12. The van der Waals surface area contributed by atoms with E-state index in [9.17, 15) is 0 Å². The van der Waals surface area contributed by atoms with Gasteiger partial charge in [-0.15, -0.1) is 0 Å². The fraction of sp³-hybridized carbons (Fsp3) is 0.214. The Morgan fingerprint density at radius 3 is 2.27 bits per heavy atom. The first-order chi connectivity index (χ1) is 15.8. The van der Waals surface area contributed by atoms with Gasteiger partial charge in [0.1, 0.15) is 0 Å². The second kappa shape index (κ2) is 10.9. The Bertz CT molecular complexity index is 1360. The quantitative estimate of drug-likeness (QED) is 0.169. The van der Waals surface area contributed by atoms with E-state index in [-0.39, 0.29) is 16.5 Å². The number of nitrogens with zero attached hydrogens (tertiary/aromatic N) is 2. The Morgan fingerprint density at radius 1 is 0.788 bits per heavy atom. The molecule has 0 atom stereocenters. The molecule has 0 fully saturated rings. The molecule has 0 aliphatic carbocycles. The van der Waals surface area contributed by atoms with Crippen molar-refractivity contribution in [3.8, 4) is 22.5 Å². The van der Waals surface area contributed by atoms with Crippen LogP contribution in [0.1, 0.15) is 26.7 Å². The molecule has 0 unspecified atom stereocenters. The van der Waals surface area contributed by atoms with Crippen LogP contribution in [0, 0.1) is 6.07 Å². The molecule has 1 radical (unpaired) electrons. The van der Waals surface area contributed by atoms with Crippen molar-refractivity contribution < 1.29 is 16.5 Å². The summed E-state index contributed by atoms with van der Waals surface area (Å²) in [6.45, 7) is 4.64. The molecule has 0 saturated carbocycles.